The van der Waals surface area contributed by atoms with E-state index in [1.165, 1.54) is 70.6 Å². The Bertz CT molecular complexity index is 1670. The number of rotatable bonds is 50. The van der Waals surface area contributed by atoms with Crippen molar-refractivity contribution in [2.75, 3.05) is 13.2 Å². The predicted octanol–water partition coefficient (Wildman–Crippen LogP) is 19.8. The zero-order valence-electron chi connectivity index (χ0n) is 46.6. The van der Waals surface area contributed by atoms with Gasteiger partial charge in [0.25, 0.3) is 0 Å². The Kier molecular flexibility index (Phi) is 55.5. The smallest absolute Gasteiger partial charge is 0.306 e. The van der Waals surface area contributed by atoms with Crippen LogP contribution in [0.3, 0.4) is 0 Å². The highest BCUT2D eigenvalue weighted by atomic mass is 16.6. The Morgan fingerprint density at radius 1 is 0.288 bits per heavy atom. The normalized spacial score (nSPS) is 13.3. The van der Waals surface area contributed by atoms with Crippen LogP contribution in [-0.4, -0.2) is 37.2 Å². The van der Waals surface area contributed by atoms with E-state index in [9.17, 15) is 14.4 Å². The van der Waals surface area contributed by atoms with Gasteiger partial charge in [-0.05, 0) is 128 Å². The molecule has 0 aromatic rings. The van der Waals surface area contributed by atoms with Gasteiger partial charge in [0.15, 0.2) is 6.10 Å². The molecule has 6 nitrogen and oxygen atoms in total. The van der Waals surface area contributed by atoms with E-state index in [4.69, 9.17) is 14.2 Å². The monoisotopic (exact) mass is 1000 g/mol. The number of esters is 3. The standard InChI is InChI=1S/C67H104O6/c1-4-7-10-13-16-19-22-25-28-31-33-36-38-41-44-47-50-53-56-59-65(68)71-62-64(73-67(70)61-58-55-52-49-46-43-40-35-30-27-24-21-18-15-12-9-6-3)63-72-66(69)60-57-54-51-48-45-42-39-37-34-32-29-26-23-20-17-14-11-8-5-2/h7,9-10,12,16-21,25-30,33,36,40-41,43-44,49-50,52-53,64H,4-6,8,11,13-15,22-24,31-32,34-35,37-39,42,45-48,51,54-63H2,1-3H3/b10-7-,12-9-,19-16-,20-17-,21-18-,28-25-,29-26-,30-27-,36-33-,43-40-,44-41-,52-49-,53-50-/t64-/m1/s1. The second-order valence-electron chi connectivity index (χ2n) is 18.4. The molecule has 0 aromatic carbocycles. The van der Waals surface area contributed by atoms with Crippen molar-refractivity contribution < 1.29 is 28.6 Å². The molecule has 408 valence electrons. The summed E-state index contributed by atoms with van der Waals surface area (Å²) in [6.07, 6.45) is 86.8. The molecular weight excluding hydrogens is 901 g/mol. The van der Waals surface area contributed by atoms with Crippen LogP contribution < -0.4 is 0 Å². The molecule has 0 aliphatic rings. The number of carbonyl (C=O) groups excluding carboxylic acids is 3. The third-order valence-electron chi connectivity index (χ3n) is 11.5. The molecule has 0 aliphatic carbocycles. The van der Waals surface area contributed by atoms with Crippen LogP contribution in [-0.2, 0) is 28.6 Å². The van der Waals surface area contributed by atoms with E-state index in [2.05, 4.69) is 167 Å². The molecule has 0 rings (SSSR count). The van der Waals surface area contributed by atoms with Gasteiger partial charge in [-0.1, -0.05) is 237 Å². The van der Waals surface area contributed by atoms with Gasteiger partial charge in [-0.25, -0.2) is 0 Å². The van der Waals surface area contributed by atoms with Crippen molar-refractivity contribution in [3.63, 3.8) is 0 Å². The van der Waals surface area contributed by atoms with Crippen LogP contribution in [0.1, 0.15) is 226 Å². The molecule has 0 aliphatic heterocycles. The maximum absolute atomic E-state index is 12.8. The number of unbranched alkanes of at least 4 members (excludes halogenated alkanes) is 13. The molecule has 0 saturated heterocycles. The predicted molar refractivity (Wildman–Crippen MR) is 315 cm³/mol. The molecule has 0 spiro atoms. The first-order valence-electron chi connectivity index (χ1n) is 29.0. The number of allylic oxidation sites excluding steroid dienone is 26. The van der Waals surface area contributed by atoms with Crippen LogP contribution in [0, 0.1) is 0 Å². The Labute approximate surface area is 448 Å². The zero-order chi connectivity index (χ0) is 52.9. The van der Waals surface area contributed by atoms with Crippen molar-refractivity contribution in [3.8, 4) is 0 Å². The van der Waals surface area contributed by atoms with E-state index < -0.39 is 12.1 Å². The van der Waals surface area contributed by atoms with Gasteiger partial charge in [-0.15, -0.1) is 0 Å². The first kappa shape index (κ1) is 68.0. The van der Waals surface area contributed by atoms with Crippen molar-refractivity contribution in [2.45, 2.75) is 232 Å². The van der Waals surface area contributed by atoms with E-state index >= 15 is 0 Å². The summed E-state index contributed by atoms with van der Waals surface area (Å²) in [6, 6.07) is 0. The van der Waals surface area contributed by atoms with Gasteiger partial charge in [0.05, 0.1) is 0 Å². The van der Waals surface area contributed by atoms with Crippen LogP contribution in [0.5, 0.6) is 0 Å². The summed E-state index contributed by atoms with van der Waals surface area (Å²) in [6.45, 7) is 6.26. The summed E-state index contributed by atoms with van der Waals surface area (Å²) in [5.41, 5.74) is 0. The minimum atomic E-state index is -0.849. The average molecular weight is 1010 g/mol. The van der Waals surface area contributed by atoms with Gasteiger partial charge in [-0.2, -0.15) is 0 Å². The Hall–Kier alpha value is -4.97. The fourth-order valence-corrected chi connectivity index (χ4v) is 7.24. The lowest BCUT2D eigenvalue weighted by atomic mass is 10.1. The summed E-state index contributed by atoms with van der Waals surface area (Å²) in [5, 5.41) is 0. The van der Waals surface area contributed by atoms with Crippen LogP contribution in [0.4, 0.5) is 0 Å². The maximum atomic E-state index is 12.8. The van der Waals surface area contributed by atoms with Gasteiger partial charge < -0.3 is 14.2 Å². The van der Waals surface area contributed by atoms with Gasteiger partial charge in [0.1, 0.15) is 13.2 Å². The number of hydrogen-bond acceptors (Lipinski definition) is 6. The zero-order valence-corrected chi connectivity index (χ0v) is 46.6. The van der Waals surface area contributed by atoms with Crippen molar-refractivity contribution in [1.82, 2.24) is 0 Å². The maximum Gasteiger partial charge on any atom is 0.306 e. The van der Waals surface area contributed by atoms with Gasteiger partial charge in [0.2, 0.25) is 0 Å². The van der Waals surface area contributed by atoms with Crippen molar-refractivity contribution in [1.29, 1.82) is 0 Å². The number of hydrogen-bond donors (Lipinski definition) is 0. The molecule has 0 amide bonds. The van der Waals surface area contributed by atoms with Crippen molar-refractivity contribution in [2.24, 2.45) is 0 Å². The second kappa shape index (κ2) is 59.6. The van der Waals surface area contributed by atoms with E-state index in [1.807, 2.05) is 12.2 Å². The lowest BCUT2D eigenvalue weighted by molar-refractivity contribution is -0.166. The highest BCUT2D eigenvalue weighted by molar-refractivity contribution is 5.71. The molecule has 0 saturated carbocycles. The SMILES string of the molecule is CC/C=C\C/C=C\C/C=C\C/C=C\C/C=C\C/C=C\CCC(=O)OC[C@H](COC(=O)CCCCCCCCCCC/C=C\C/C=C\CCCCC)OC(=O)CCC/C=C\C/C=C\C/C=C\C/C=C\C/C=C\CC. The Morgan fingerprint density at radius 3 is 0.959 bits per heavy atom. The molecule has 0 heterocycles. The molecule has 0 aromatic heterocycles. The molecule has 6 heteroatoms. The van der Waals surface area contributed by atoms with E-state index in [0.29, 0.717) is 19.3 Å². The molecule has 0 N–H and O–H groups in total. The molecule has 73 heavy (non-hydrogen) atoms. The Balaban J connectivity index is 4.61. The highest BCUT2D eigenvalue weighted by Gasteiger charge is 2.19. The summed E-state index contributed by atoms with van der Waals surface area (Å²) >= 11 is 0. The van der Waals surface area contributed by atoms with Crippen LogP contribution in [0.15, 0.2) is 158 Å². The van der Waals surface area contributed by atoms with Gasteiger partial charge >= 0.3 is 17.9 Å². The average Bonchev–Trinajstić information content (AvgIpc) is 3.39. The van der Waals surface area contributed by atoms with E-state index in [1.54, 1.807) is 0 Å². The molecule has 0 bridgehead atoms. The van der Waals surface area contributed by atoms with E-state index in [-0.39, 0.29) is 38.0 Å². The quantitative estimate of drug-likeness (QED) is 0.0261. The molecule has 1 atom stereocenters. The third kappa shape index (κ3) is 57.8. The number of ether oxygens (including phenoxy) is 3. The van der Waals surface area contributed by atoms with Gasteiger partial charge in [0, 0.05) is 19.3 Å². The lowest BCUT2D eigenvalue weighted by Gasteiger charge is -2.18. The molecule has 0 radical (unpaired) electrons. The fourth-order valence-electron chi connectivity index (χ4n) is 7.24. The second-order valence-corrected chi connectivity index (χ2v) is 18.4. The lowest BCUT2D eigenvalue weighted by Crippen LogP contribution is -2.30. The third-order valence-corrected chi connectivity index (χ3v) is 11.5. The highest BCUT2D eigenvalue weighted by Crippen LogP contribution is 2.13. The van der Waals surface area contributed by atoms with Crippen LogP contribution >= 0.6 is 0 Å². The minimum Gasteiger partial charge on any atom is -0.462 e. The summed E-state index contributed by atoms with van der Waals surface area (Å²) < 4.78 is 16.7. The van der Waals surface area contributed by atoms with Crippen LogP contribution in [0.25, 0.3) is 0 Å². The van der Waals surface area contributed by atoms with Crippen molar-refractivity contribution >= 4 is 17.9 Å². The van der Waals surface area contributed by atoms with Crippen LogP contribution in [0.2, 0.25) is 0 Å². The van der Waals surface area contributed by atoms with Gasteiger partial charge in [-0.3, -0.25) is 14.4 Å². The summed E-state index contributed by atoms with van der Waals surface area (Å²) in [4.78, 5) is 38.2. The Morgan fingerprint density at radius 2 is 0.575 bits per heavy atom. The molecular formula is C67H104O6. The number of carbonyl (C=O) groups is 3. The summed E-state index contributed by atoms with van der Waals surface area (Å²) in [5.74, 6) is -1.09. The molecule has 0 unspecified atom stereocenters. The minimum absolute atomic E-state index is 0.133. The first-order chi connectivity index (χ1) is 36.0. The summed E-state index contributed by atoms with van der Waals surface area (Å²) in [7, 11) is 0. The topological polar surface area (TPSA) is 78.9 Å². The molecule has 0 fully saturated rings. The van der Waals surface area contributed by atoms with E-state index in [0.717, 1.165) is 103 Å². The fraction of sp³-hybridized carbons (Fsp3) is 0.567. The first-order valence-corrected chi connectivity index (χ1v) is 29.0. The largest absolute Gasteiger partial charge is 0.462 e. The van der Waals surface area contributed by atoms with Crippen molar-refractivity contribution in [3.05, 3.63) is 158 Å².